The molecule has 2 aromatic carbocycles. The molecule has 168 valence electrons. The highest BCUT2D eigenvalue weighted by molar-refractivity contribution is 7.90. The summed E-state index contributed by atoms with van der Waals surface area (Å²) in [6.07, 6.45) is 1.48. The van der Waals surface area contributed by atoms with E-state index in [2.05, 4.69) is 28.9 Å². The van der Waals surface area contributed by atoms with Crippen LogP contribution in [0.2, 0.25) is 0 Å². The van der Waals surface area contributed by atoms with Crippen molar-refractivity contribution in [2.45, 2.75) is 24.7 Å². The lowest BCUT2D eigenvalue weighted by Crippen LogP contribution is -2.25. The standard InChI is InChI=1S/C24H26FN3O3S/c1-14(2)23-26-24(31-27-23)28-11-18-19(12-28)20(18)13-30-17-7-4-15(5-8-17)16-6-9-22(32(3)29)21(25)10-16/h4-10,14,18-20H,11-13H2,1-3H3/t18-,19?,20+,32?/m1/s1. The molecule has 8 heteroatoms. The Labute approximate surface area is 190 Å². The first-order valence-electron chi connectivity index (χ1n) is 10.9. The van der Waals surface area contributed by atoms with E-state index in [0.29, 0.717) is 30.4 Å². The van der Waals surface area contributed by atoms with Crippen LogP contribution in [0.15, 0.2) is 51.9 Å². The third-order valence-electron chi connectivity index (χ3n) is 6.46. The Balaban J connectivity index is 1.13. The van der Waals surface area contributed by atoms with Gasteiger partial charge in [-0.2, -0.15) is 4.98 Å². The van der Waals surface area contributed by atoms with E-state index in [-0.39, 0.29) is 10.8 Å². The van der Waals surface area contributed by atoms with E-state index >= 15 is 0 Å². The summed E-state index contributed by atoms with van der Waals surface area (Å²) >= 11 is -1.34. The summed E-state index contributed by atoms with van der Waals surface area (Å²) in [6.45, 7) is 6.66. The summed E-state index contributed by atoms with van der Waals surface area (Å²) in [5.41, 5.74) is 1.64. The number of fused-ring (bicyclic) bond motifs is 1. The van der Waals surface area contributed by atoms with Gasteiger partial charge in [-0.25, -0.2) is 4.39 Å². The molecule has 0 N–H and O–H groups in total. The van der Waals surface area contributed by atoms with Crippen LogP contribution >= 0.6 is 0 Å². The smallest absolute Gasteiger partial charge is 0.324 e. The molecule has 3 aromatic rings. The van der Waals surface area contributed by atoms with Crippen LogP contribution in [0.4, 0.5) is 10.4 Å². The normalized spacial score (nSPS) is 22.8. The van der Waals surface area contributed by atoms with Gasteiger partial charge in [-0.3, -0.25) is 0 Å². The number of anilines is 1. The minimum atomic E-state index is -1.34. The molecule has 0 spiro atoms. The van der Waals surface area contributed by atoms with Crippen molar-refractivity contribution in [1.29, 1.82) is 0 Å². The predicted molar refractivity (Wildman–Crippen MR) is 121 cm³/mol. The predicted octanol–water partition coefficient (Wildman–Crippen LogP) is 4.50. The van der Waals surface area contributed by atoms with Gasteiger partial charge in [-0.05, 0) is 64.5 Å². The lowest BCUT2D eigenvalue weighted by molar-refractivity contribution is 0.282. The lowest BCUT2D eigenvalue weighted by atomic mass is 10.1. The molecule has 2 fully saturated rings. The van der Waals surface area contributed by atoms with E-state index in [1.165, 1.54) is 12.3 Å². The maximum absolute atomic E-state index is 14.1. The Kier molecular flexibility index (Phi) is 5.59. The highest BCUT2D eigenvalue weighted by Crippen LogP contribution is 2.52. The Hall–Kier alpha value is -2.58. The van der Waals surface area contributed by atoms with Gasteiger partial charge in [0.2, 0.25) is 0 Å². The summed E-state index contributed by atoms with van der Waals surface area (Å²) in [5, 5.41) is 4.05. The molecule has 32 heavy (non-hydrogen) atoms. The number of hydrogen-bond acceptors (Lipinski definition) is 6. The summed E-state index contributed by atoms with van der Waals surface area (Å²) < 4.78 is 37.1. The second kappa shape index (κ2) is 8.41. The third kappa shape index (κ3) is 4.09. The van der Waals surface area contributed by atoms with Gasteiger partial charge >= 0.3 is 6.01 Å². The molecule has 1 aliphatic carbocycles. The number of hydrogen-bond donors (Lipinski definition) is 0. The molecule has 5 rings (SSSR count). The lowest BCUT2D eigenvalue weighted by Gasteiger charge is -2.17. The summed E-state index contributed by atoms with van der Waals surface area (Å²) in [5.74, 6) is 3.14. The van der Waals surface area contributed by atoms with Crippen molar-refractivity contribution in [3.8, 4) is 16.9 Å². The van der Waals surface area contributed by atoms with Crippen LogP contribution in [0.3, 0.4) is 0 Å². The van der Waals surface area contributed by atoms with Gasteiger partial charge in [0, 0.05) is 24.9 Å². The first-order valence-corrected chi connectivity index (χ1v) is 12.4. The molecule has 0 bridgehead atoms. The molecule has 2 heterocycles. The summed E-state index contributed by atoms with van der Waals surface area (Å²) in [6, 6.07) is 13.1. The van der Waals surface area contributed by atoms with E-state index in [0.717, 1.165) is 35.8 Å². The molecular formula is C24H26FN3O3S. The average Bonchev–Trinajstić information content (AvgIpc) is 3.16. The van der Waals surface area contributed by atoms with Crippen LogP contribution in [0.5, 0.6) is 5.75 Å². The minimum absolute atomic E-state index is 0.224. The zero-order chi connectivity index (χ0) is 22.4. The first-order chi connectivity index (χ1) is 15.4. The van der Waals surface area contributed by atoms with E-state index in [1.807, 2.05) is 24.3 Å². The monoisotopic (exact) mass is 455 g/mol. The maximum atomic E-state index is 14.1. The number of rotatable bonds is 7. The fraction of sp³-hybridized carbons (Fsp3) is 0.417. The topological polar surface area (TPSA) is 74.5 Å². The van der Waals surface area contributed by atoms with Gasteiger partial charge in [0.1, 0.15) is 12.0 Å². The van der Waals surface area contributed by atoms with Gasteiger partial charge in [0.25, 0.3) is 0 Å². The highest BCUT2D eigenvalue weighted by atomic mass is 32.2. The van der Waals surface area contributed by atoms with Crippen molar-refractivity contribution in [2.75, 3.05) is 30.9 Å². The van der Waals surface area contributed by atoms with Crippen molar-refractivity contribution in [3.63, 3.8) is 0 Å². The van der Waals surface area contributed by atoms with Crippen molar-refractivity contribution in [1.82, 2.24) is 10.1 Å². The van der Waals surface area contributed by atoms with Crippen LogP contribution in [-0.4, -0.2) is 40.6 Å². The van der Waals surface area contributed by atoms with Crippen molar-refractivity contribution < 1.29 is 18.2 Å². The molecule has 0 amide bonds. The number of aromatic nitrogens is 2. The number of piperidine rings is 1. The SMILES string of the molecule is CC(C)c1noc(N2CC3[C@@H](COc4ccc(-c5ccc([S+](C)[O-])c(F)c5)cc4)[C@@H]3C2)n1. The number of nitrogens with zero attached hydrogens (tertiary/aromatic N) is 3. The molecule has 1 saturated heterocycles. The maximum Gasteiger partial charge on any atom is 0.324 e. The molecule has 2 unspecified atom stereocenters. The van der Waals surface area contributed by atoms with Gasteiger partial charge in [-0.15, -0.1) is 0 Å². The fourth-order valence-corrected chi connectivity index (χ4v) is 5.08. The zero-order valence-corrected chi connectivity index (χ0v) is 19.1. The third-order valence-corrected chi connectivity index (χ3v) is 7.41. The second-order valence-corrected chi connectivity index (χ2v) is 10.3. The highest BCUT2D eigenvalue weighted by Gasteiger charge is 2.56. The Morgan fingerprint density at radius 3 is 2.44 bits per heavy atom. The second-order valence-electron chi connectivity index (χ2n) is 8.92. The summed E-state index contributed by atoms with van der Waals surface area (Å²) in [4.78, 5) is 6.90. The zero-order valence-electron chi connectivity index (χ0n) is 18.3. The molecule has 0 radical (unpaired) electrons. The molecule has 6 nitrogen and oxygen atoms in total. The Bertz CT molecular complexity index is 1090. The number of ether oxygens (including phenoxy) is 1. The Morgan fingerprint density at radius 1 is 1.16 bits per heavy atom. The van der Waals surface area contributed by atoms with E-state index in [1.54, 1.807) is 12.1 Å². The van der Waals surface area contributed by atoms with Crippen LogP contribution in [-0.2, 0) is 11.2 Å². The van der Waals surface area contributed by atoms with Crippen molar-refractivity contribution >= 4 is 17.2 Å². The van der Waals surface area contributed by atoms with Gasteiger partial charge in [0.05, 0.1) is 6.61 Å². The Morgan fingerprint density at radius 2 is 1.84 bits per heavy atom. The van der Waals surface area contributed by atoms with E-state index in [9.17, 15) is 8.94 Å². The van der Waals surface area contributed by atoms with Crippen LogP contribution < -0.4 is 9.64 Å². The van der Waals surface area contributed by atoms with E-state index < -0.39 is 17.0 Å². The van der Waals surface area contributed by atoms with Gasteiger partial charge < -0.3 is 18.7 Å². The number of benzene rings is 2. The van der Waals surface area contributed by atoms with Crippen LogP contribution in [0.1, 0.15) is 25.6 Å². The molecule has 4 atom stereocenters. The van der Waals surface area contributed by atoms with Crippen LogP contribution in [0.25, 0.3) is 11.1 Å². The molecule has 1 aliphatic heterocycles. The van der Waals surface area contributed by atoms with Crippen molar-refractivity contribution in [3.05, 3.63) is 54.1 Å². The quantitative estimate of drug-likeness (QED) is 0.489. The van der Waals surface area contributed by atoms with Gasteiger partial charge in [-0.1, -0.05) is 31.1 Å². The largest absolute Gasteiger partial charge is 0.612 e. The average molecular weight is 456 g/mol. The number of halogens is 1. The van der Waals surface area contributed by atoms with Gasteiger partial charge in [0.15, 0.2) is 16.5 Å². The first kappa shape index (κ1) is 21.3. The molecular weight excluding hydrogens is 429 g/mol. The minimum Gasteiger partial charge on any atom is -0.612 e. The van der Waals surface area contributed by atoms with E-state index in [4.69, 9.17) is 9.26 Å². The molecule has 2 aliphatic rings. The van der Waals surface area contributed by atoms with Crippen LogP contribution in [0, 0.1) is 23.6 Å². The fourth-order valence-electron chi connectivity index (χ4n) is 4.49. The molecule has 1 aromatic heterocycles. The van der Waals surface area contributed by atoms with Crippen molar-refractivity contribution in [2.24, 2.45) is 17.8 Å². The molecule has 1 saturated carbocycles. The summed E-state index contributed by atoms with van der Waals surface area (Å²) in [7, 11) is 0.